The van der Waals surface area contributed by atoms with Crippen LogP contribution >= 0.6 is 11.6 Å². The van der Waals surface area contributed by atoms with Gasteiger partial charge in [-0.1, -0.05) is 17.7 Å². The molecule has 6 heteroatoms. The van der Waals surface area contributed by atoms with E-state index in [0.29, 0.717) is 5.56 Å². The number of hydrogen-bond donors (Lipinski definition) is 1. The molecule has 94 valence electrons. The first-order valence-electron chi connectivity index (χ1n) is 4.76. The number of carbonyl (C=O) groups is 1. The molecule has 0 aromatic heterocycles. The van der Waals surface area contributed by atoms with Gasteiger partial charge < -0.3 is 5.11 Å². The number of hydrogen-bond acceptors (Lipinski definition) is 1. The predicted octanol–water partition coefficient (Wildman–Crippen LogP) is 3.77. The Balaban J connectivity index is 3.21. The Morgan fingerprint density at radius 2 is 2.06 bits per heavy atom. The first-order valence-corrected chi connectivity index (χ1v) is 5.14. The van der Waals surface area contributed by atoms with E-state index >= 15 is 0 Å². The van der Waals surface area contributed by atoms with Crippen LogP contribution in [0, 0.1) is 6.92 Å². The van der Waals surface area contributed by atoms with Crippen molar-refractivity contribution in [3.8, 4) is 0 Å². The molecule has 1 unspecified atom stereocenters. The quantitative estimate of drug-likeness (QED) is 0.904. The smallest absolute Gasteiger partial charge is 0.396 e. The fraction of sp³-hybridized carbons (Fsp3) is 0.364. The summed E-state index contributed by atoms with van der Waals surface area (Å²) in [6.07, 6.45) is -5.60. The molecule has 0 spiro atoms. The second-order valence-electron chi connectivity index (χ2n) is 3.69. The van der Waals surface area contributed by atoms with E-state index in [2.05, 4.69) is 0 Å². The molecule has 0 aliphatic carbocycles. The monoisotopic (exact) mass is 266 g/mol. The number of benzene rings is 1. The zero-order chi connectivity index (χ0) is 13.2. The van der Waals surface area contributed by atoms with Crippen LogP contribution in [-0.2, 0) is 4.79 Å². The Morgan fingerprint density at radius 1 is 1.47 bits per heavy atom. The van der Waals surface area contributed by atoms with Crippen molar-refractivity contribution in [2.24, 2.45) is 0 Å². The lowest BCUT2D eigenvalue weighted by atomic mass is 9.91. The summed E-state index contributed by atoms with van der Waals surface area (Å²) in [5.74, 6) is -3.52. The fourth-order valence-electron chi connectivity index (χ4n) is 1.56. The van der Waals surface area contributed by atoms with Crippen molar-refractivity contribution >= 4 is 17.6 Å². The molecule has 0 aliphatic heterocycles. The van der Waals surface area contributed by atoms with Gasteiger partial charge in [0.2, 0.25) is 0 Å². The molecule has 0 fully saturated rings. The molecule has 0 bridgehead atoms. The number of aryl methyl sites for hydroxylation is 1. The topological polar surface area (TPSA) is 37.3 Å². The van der Waals surface area contributed by atoms with E-state index in [1.807, 2.05) is 0 Å². The largest absolute Gasteiger partial charge is 0.481 e. The van der Waals surface area contributed by atoms with Crippen LogP contribution in [0.1, 0.15) is 23.5 Å². The molecule has 0 radical (unpaired) electrons. The lowest BCUT2D eigenvalue weighted by Gasteiger charge is -2.21. The van der Waals surface area contributed by atoms with E-state index in [1.54, 1.807) is 0 Å². The van der Waals surface area contributed by atoms with Gasteiger partial charge in [-0.15, -0.1) is 0 Å². The third-order valence-electron chi connectivity index (χ3n) is 2.39. The van der Waals surface area contributed by atoms with Crippen molar-refractivity contribution in [1.29, 1.82) is 0 Å². The van der Waals surface area contributed by atoms with Crippen LogP contribution in [0.15, 0.2) is 18.2 Å². The predicted molar refractivity (Wildman–Crippen MR) is 57.2 cm³/mol. The fourth-order valence-corrected chi connectivity index (χ4v) is 1.74. The van der Waals surface area contributed by atoms with Gasteiger partial charge in [0, 0.05) is 5.02 Å². The van der Waals surface area contributed by atoms with Crippen molar-refractivity contribution in [2.75, 3.05) is 0 Å². The summed E-state index contributed by atoms with van der Waals surface area (Å²) in [6.45, 7) is 1.49. The highest BCUT2D eigenvalue weighted by atomic mass is 35.5. The molecule has 0 heterocycles. The molecule has 1 rings (SSSR count). The summed E-state index contributed by atoms with van der Waals surface area (Å²) in [4.78, 5) is 10.5. The highest BCUT2D eigenvalue weighted by Gasteiger charge is 2.42. The van der Waals surface area contributed by atoms with E-state index in [0.717, 1.165) is 6.07 Å². The van der Waals surface area contributed by atoms with Crippen LogP contribution in [0.2, 0.25) is 5.02 Å². The molecule has 0 saturated carbocycles. The second kappa shape index (κ2) is 4.96. The molecule has 1 aromatic carbocycles. The van der Waals surface area contributed by atoms with E-state index in [1.165, 1.54) is 19.1 Å². The summed E-state index contributed by atoms with van der Waals surface area (Å²) < 4.78 is 38.3. The molecule has 1 N–H and O–H groups in total. The highest BCUT2D eigenvalue weighted by Crippen LogP contribution is 2.39. The van der Waals surface area contributed by atoms with Crippen molar-refractivity contribution < 1.29 is 23.1 Å². The molecular weight excluding hydrogens is 257 g/mol. The number of rotatable bonds is 3. The van der Waals surface area contributed by atoms with Gasteiger partial charge in [-0.3, -0.25) is 4.79 Å². The summed E-state index contributed by atoms with van der Waals surface area (Å²) >= 11 is 5.63. The molecule has 0 amide bonds. The summed E-state index contributed by atoms with van der Waals surface area (Å²) in [5.41, 5.74) is 0.283. The molecular formula is C11H10ClF3O2. The zero-order valence-corrected chi connectivity index (χ0v) is 9.64. The van der Waals surface area contributed by atoms with Gasteiger partial charge in [0.25, 0.3) is 0 Å². The van der Waals surface area contributed by atoms with Crippen LogP contribution < -0.4 is 0 Å². The summed E-state index contributed by atoms with van der Waals surface area (Å²) in [5, 5.41) is 8.69. The second-order valence-corrected chi connectivity index (χ2v) is 4.13. The third-order valence-corrected chi connectivity index (χ3v) is 2.63. The number of alkyl halides is 3. The van der Waals surface area contributed by atoms with Crippen LogP contribution in [0.4, 0.5) is 13.2 Å². The van der Waals surface area contributed by atoms with Gasteiger partial charge in [-0.25, -0.2) is 0 Å². The maximum Gasteiger partial charge on any atom is 0.396 e. The van der Waals surface area contributed by atoms with Gasteiger partial charge in [-0.2, -0.15) is 13.2 Å². The van der Waals surface area contributed by atoms with Crippen molar-refractivity contribution in [1.82, 2.24) is 0 Å². The normalized spacial score (nSPS) is 13.5. The first kappa shape index (κ1) is 13.8. The third kappa shape index (κ3) is 3.63. The van der Waals surface area contributed by atoms with E-state index in [9.17, 15) is 18.0 Å². The van der Waals surface area contributed by atoms with Crippen LogP contribution in [0.25, 0.3) is 0 Å². The average Bonchev–Trinajstić information content (AvgIpc) is 2.16. The molecule has 2 nitrogen and oxygen atoms in total. The standard InChI is InChI=1S/C11H10ClF3O2/c1-6-2-3-7(12)4-8(6)9(5-10(16)17)11(13,14)15/h2-4,9H,5H2,1H3,(H,16,17). The first-order chi connectivity index (χ1) is 7.71. The lowest BCUT2D eigenvalue weighted by Crippen LogP contribution is -2.24. The van der Waals surface area contributed by atoms with Crippen LogP contribution in [0.5, 0.6) is 0 Å². The van der Waals surface area contributed by atoms with Gasteiger partial charge in [-0.05, 0) is 30.2 Å². The van der Waals surface area contributed by atoms with Gasteiger partial charge in [0.05, 0.1) is 12.3 Å². The Kier molecular flexibility index (Phi) is 4.03. The minimum absolute atomic E-state index is 0.0904. The van der Waals surface area contributed by atoms with Crippen molar-refractivity contribution in [3.63, 3.8) is 0 Å². The lowest BCUT2D eigenvalue weighted by molar-refractivity contribution is -0.163. The van der Waals surface area contributed by atoms with Crippen LogP contribution in [-0.4, -0.2) is 17.3 Å². The maximum absolute atomic E-state index is 12.8. The Morgan fingerprint density at radius 3 is 2.53 bits per heavy atom. The summed E-state index contributed by atoms with van der Waals surface area (Å²) in [7, 11) is 0. The Bertz CT molecular complexity index is 429. The molecule has 0 aliphatic rings. The van der Waals surface area contributed by atoms with Gasteiger partial charge in [0.15, 0.2) is 0 Å². The zero-order valence-electron chi connectivity index (χ0n) is 8.88. The number of carboxylic acid groups (broad SMARTS) is 1. The minimum Gasteiger partial charge on any atom is -0.481 e. The number of halogens is 4. The average molecular weight is 267 g/mol. The number of carboxylic acids is 1. The molecule has 1 atom stereocenters. The van der Waals surface area contributed by atoms with Crippen molar-refractivity contribution in [2.45, 2.75) is 25.4 Å². The number of aliphatic carboxylic acids is 1. The molecule has 0 saturated heterocycles. The van der Waals surface area contributed by atoms with Gasteiger partial charge in [0.1, 0.15) is 0 Å². The SMILES string of the molecule is Cc1ccc(Cl)cc1C(CC(=O)O)C(F)(F)F. The van der Waals surface area contributed by atoms with Crippen molar-refractivity contribution in [3.05, 3.63) is 34.3 Å². The minimum atomic E-state index is -4.60. The van der Waals surface area contributed by atoms with Gasteiger partial charge >= 0.3 is 12.1 Å². The van der Waals surface area contributed by atoms with Crippen LogP contribution in [0.3, 0.4) is 0 Å². The van der Waals surface area contributed by atoms with E-state index < -0.39 is 24.5 Å². The Labute approximate surface area is 101 Å². The van der Waals surface area contributed by atoms with E-state index in [4.69, 9.17) is 16.7 Å². The van der Waals surface area contributed by atoms with E-state index in [-0.39, 0.29) is 10.6 Å². The maximum atomic E-state index is 12.8. The molecule has 17 heavy (non-hydrogen) atoms. The Hall–Kier alpha value is -1.23. The summed E-state index contributed by atoms with van der Waals surface area (Å²) in [6, 6.07) is 4.07. The molecule has 1 aromatic rings. The highest BCUT2D eigenvalue weighted by molar-refractivity contribution is 6.30.